The van der Waals surface area contributed by atoms with Crippen LogP contribution in [0, 0.1) is 13.8 Å². The van der Waals surface area contributed by atoms with Crippen LogP contribution in [0.15, 0.2) is 35.6 Å². The largest absolute Gasteiger partial charge is 0.344 e. The number of imidazole rings is 1. The molecule has 3 nitrogen and oxygen atoms in total. The van der Waals surface area contributed by atoms with Crippen LogP contribution >= 0.6 is 0 Å². The number of aryl methyl sites for hydroxylation is 2. The fourth-order valence-electron chi connectivity index (χ4n) is 1.48. The maximum atomic E-state index is 4.43. The molecule has 0 unspecified atom stereocenters. The van der Waals surface area contributed by atoms with Gasteiger partial charge in [0.25, 0.3) is 0 Å². The third-order valence-electron chi connectivity index (χ3n) is 2.27. The van der Waals surface area contributed by atoms with Crippen LogP contribution in [-0.4, -0.2) is 16.2 Å². The van der Waals surface area contributed by atoms with Crippen molar-refractivity contribution in [3.05, 3.63) is 47.5 Å². The SMILES string of the molecule is Cc1cccc(C)c1N=Cc1ncc[nH]1. The Bertz CT molecular complexity index is 449. The van der Waals surface area contributed by atoms with Crippen molar-refractivity contribution in [3.63, 3.8) is 0 Å². The summed E-state index contributed by atoms with van der Waals surface area (Å²) < 4.78 is 0. The zero-order valence-electron chi connectivity index (χ0n) is 8.86. The van der Waals surface area contributed by atoms with Crippen molar-refractivity contribution in [2.45, 2.75) is 13.8 Å². The minimum atomic E-state index is 0.776. The third kappa shape index (κ3) is 2.13. The Balaban J connectivity index is 2.32. The monoisotopic (exact) mass is 199 g/mol. The van der Waals surface area contributed by atoms with E-state index in [0.29, 0.717) is 0 Å². The van der Waals surface area contributed by atoms with Crippen LogP contribution in [0.25, 0.3) is 0 Å². The molecular weight excluding hydrogens is 186 g/mol. The van der Waals surface area contributed by atoms with E-state index < -0.39 is 0 Å². The fraction of sp³-hybridized carbons (Fsp3) is 0.167. The van der Waals surface area contributed by atoms with Crippen LogP contribution in [-0.2, 0) is 0 Å². The summed E-state index contributed by atoms with van der Waals surface area (Å²) in [5.41, 5.74) is 3.38. The van der Waals surface area contributed by atoms with Crippen LogP contribution in [0.4, 0.5) is 5.69 Å². The molecule has 0 saturated carbocycles. The zero-order valence-corrected chi connectivity index (χ0v) is 8.86. The van der Waals surface area contributed by atoms with Gasteiger partial charge < -0.3 is 4.98 Å². The number of benzene rings is 1. The quantitative estimate of drug-likeness (QED) is 0.742. The molecule has 2 rings (SSSR count). The lowest BCUT2D eigenvalue weighted by Gasteiger charge is -2.02. The number of para-hydroxylation sites is 1. The molecule has 0 spiro atoms. The van der Waals surface area contributed by atoms with Gasteiger partial charge in [0, 0.05) is 12.4 Å². The fourth-order valence-corrected chi connectivity index (χ4v) is 1.48. The van der Waals surface area contributed by atoms with E-state index >= 15 is 0 Å². The lowest BCUT2D eigenvalue weighted by atomic mass is 10.1. The smallest absolute Gasteiger partial charge is 0.148 e. The summed E-state index contributed by atoms with van der Waals surface area (Å²) in [6.45, 7) is 4.11. The van der Waals surface area contributed by atoms with Crippen LogP contribution in [0.5, 0.6) is 0 Å². The van der Waals surface area contributed by atoms with E-state index in [-0.39, 0.29) is 0 Å². The molecule has 15 heavy (non-hydrogen) atoms. The van der Waals surface area contributed by atoms with Crippen molar-refractivity contribution in [2.24, 2.45) is 4.99 Å². The lowest BCUT2D eigenvalue weighted by molar-refractivity contribution is 1.26. The Hall–Kier alpha value is -1.90. The van der Waals surface area contributed by atoms with Gasteiger partial charge in [-0.1, -0.05) is 18.2 Å². The highest BCUT2D eigenvalue weighted by Crippen LogP contribution is 2.22. The second-order valence-corrected chi connectivity index (χ2v) is 3.47. The van der Waals surface area contributed by atoms with Crippen molar-refractivity contribution in [1.29, 1.82) is 0 Å². The predicted molar refractivity (Wildman–Crippen MR) is 61.8 cm³/mol. The second-order valence-electron chi connectivity index (χ2n) is 3.47. The Morgan fingerprint density at radius 2 is 2.00 bits per heavy atom. The Morgan fingerprint density at radius 1 is 1.27 bits per heavy atom. The summed E-state index contributed by atoms with van der Waals surface area (Å²) in [6, 6.07) is 6.15. The standard InChI is InChI=1S/C12H13N3/c1-9-4-3-5-10(2)12(9)15-8-11-13-6-7-14-11/h3-8H,1-2H3,(H,13,14). The van der Waals surface area contributed by atoms with Crippen LogP contribution in [0.2, 0.25) is 0 Å². The maximum absolute atomic E-state index is 4.43. The number of aromatic nitrogens is 2. The number of rotatable bonds is 2. The maximum Gasteiger partial charge on any atom is 0.148 e. The second kappa shape index (κ2) is 4.09. The first kappa shape index (κ1) is 9.65. The molecule has 1 aromatic heterocycles. The van der Waals surface area contributed by atoms with E-state index in [4.69, 9.17) is 0 Å². The number of nitrogens with one attached hydrogen (secondary N) is 1. The van der Waals surface area contributed by atoms with Crippen molar-refractivity contribution >= 4 is 11.9 Å². The molecular formula is C12H13N3. The molecule has 1 N–H and O–H groups in total. The summed E-state index contributed by atoms with van der Waals surface area (Å²) in [7, 11) is 0. The van der Waals surface area contributed by atoms with Gasteiger partial charge in [-0.2, -0.15) is 0 Å². The lowest BCUT2D eigenvalue weighted by Crippen LogP contribution is -1.85. The van der Waals surface area contributed by atoms with Gasteiger partial charge in [0.15, 0.2) is 0 Å². The van der Waals surface area contributed by atoms with Crippen LogP contribution in [0.3, 0.4) is 0 Å². The van der Waals surface area contributed by atoms with Gasteiger partial charge in [0.2, 0.25) is 0 Å². The van der Waals surface area contributed by atoms with Gasteiger partial charge in [-0.25, -0.2) is 4.98 Å². The molecule has 0 aliphatic carbocycles. The average Bonchev–Trinajstić information content (AvgIpc) is 2.70. The molecule has 0 saturated heterocycles. The zero-order chi connectivity index (χ0) is 10.7. The Kier molecular flexibility index (Phi) is 2.63. The van der Waals surface area contributed by atoms with E-state index in [2.05, 4.69) is 40.9 Å². The molecule has 0 amide bonds. The summed E-state index contributed by atoms with van der Waals surface area (Å²) >= 11 is 0. The van der Waals surface area contributed by atoms with Gasteiger partial charge in [-0.15, -0.1) is 0 Å². The number of hydrogen-bond donors (Lipinski definition) is 1. The van der Waals surface area contributed by atoms with Gasteiger partial charge in [0.1, 0.15) is 5.82 Å². The van der Waals surface area contributed by atoms with E-state index in [1.165, 1.54) is 11.1 Å². The molecule has 0 bridgehead atoms. The number of hydrogen-bond acceptors (Lipinski definition) is 2. The summed E-state index contributed by atoms with van der Waals surface area (Å²) in [6.07, 6.45) is 5.24. The molecule has 3 heteroatoms. The van der Waals surface area contributed by atoms with Crippen molar-refractivity contribution in [2.75, 3.05) is 0 Å². The van der Waals surface area contributed by atoms with Crippen molar-refractivity contribution < 1.29 is 0 Å². The van der Waals surface area contributed by atoms with E-state index in [1.54, 1.807) is 18.6 Å². The number of aromatic amines is 1. The van der Waals surface area contributed by atoms with Gasteiger partial charge in [-0.05, 0) is 25.0 Å². The summed E-state index contributed by atoms with van der Waals surface area (Å²) in [5.74, 6) is 0.776. The topological polar surface area (TPSA) is 41.0 Å². The summed E-state index contributed by atoms with van der Waals surface area (Å²) in [4.78, 5) is 11.5. The molecule has 1 heterocycles. The first-order chi connectivity index (χ1) is 7.27. The highest BCUT2D eigenvalue weighted by molar-refractivity contribution is 5.78. The molecule has 0 aliphatic heterocycles. The molecule has 0 aliphatic rings. The Morgan fingerprint density at radius 3 is 2.60 bits per heavy atom. The first-order valence-electron chi connectivity index (χ1n) is 4.87. The van der Waals surface area contributed by atoms with E-state index in [1.807, 2.05) is 6.07 Å². The predicted octanol–water partition coefficient (Wildman–Crippen LogP) is 2.78. The van der Waals surface area contributed by atoms with Crippen LogP contribution < -0.4 is 0 Å². The van der Waals surface area contributed by atoms with Gasteiger partial charge >= 0.3 is 0 Å². The summed E-state index contributed by atoms with van der Waals surface area (Å²) in [5, 5.41) is 0. The van der Waals surface area contributed by atoms with E-state index in [9.17, 15) is 0 Å². The normalized spacial score (nSPS) is 11.1. The number of H-pyrrole nitrogens is 1. The minimum Gasteiger partial charge on any atom is -0.344 e. The first-order valence-corrected chi connectivity index (χ1v) is 4.87. The minimum absolute atomic E-state index is 0.776. The van der Waals surface area contributed by atoms with E-state index in [0.717, 1.165) is 11.5 Å². The van der Waals surface area contributed by atoms with Crippen LogP contribution in [0.1, 0.15) is 17.0 Å². The molecule has 0 fully saturated rings. The third-order valence-corrected chi connectivity index (χ3v) is 2.27. The molecule has 2 aromatic rings. The average molecular weight is 199 g/mol. The number of nitrogens with zero attached hydrogens (tertiary/aromatic N) is 2. The van der Waals surface area contributed by atoms with Gasteiger partial charge in [0.05, 0.1) is 11.9 Å². The molecule has 0 atom stereocenters. The van der Waals surface area contributed by atoms with Crippen molar-refractivity contribution in [1.82, 2.24) is 9.97 Å². The van der Waals surface area contributed by atoms with Gasteiger partial charge in [-0.3, -0.25) is 4.99 Å². The molecule has 76 valence electrons. The molecule has 0 radical (unpaired) electrons. The van der Waals surface area contributed by atoms with Crippen molar-refractivity contribution in [3.8, 4) is 0 Å². The highest BCUT2D eigenvalue weighted by atomic mass is 14.9. The Labute approximate surface area is 88.9 Å². The highest BCUT2D eigenvalue weighted by Gasteiger charge is 1.98. The number of aliphatic imine (C=N–C) groups is 1. The molecule has 1 aromatic carbocycles.